The molecule has 2 atom stereocenters. The first kappa shape index (κ1) is 19.6. The molecule has 1 aromatic rings. The van der Waals surface area contributed by atoms with Crippen LogP contribution in [0.4, 0.5) is 0 Å². The Morgan fingerprint density at radius 2 is 1.83 bits per heavy atom. The van der Waals surface area contributed by atoms with E-state index in [1.807, 2.05) is 38.1 Å². The molecule has 0 saturated carbocycles. The third-order valence-corrected chi connectivity index (χ3v) is 5.25. The first-order chi connectivity index (χ1) is 11.3. The lowest BCUT2D eigenvalue weighted by Crippen LogP contribution is -2.31. The molecule has 0 bridgehead atoms. The lowest BCUT2D eigenvalue weighted by molar-refractivity contribution is -0.179. The fourth-order valence-electron chi connectivity index (χ4n) is 2.94. The maximum Gasteiger partial charge on any atom is 0.333 e. The monoisotopic (exact) mass is 377 g/mol. The van der Waals surface area contributed by atoms with Crippen LogP contribution in [0.1, 0.15) is 38.7 Å². The van der Waals surface area contributed by atoms with Crippen LogP contribution >= 0.6 is 11.6 Å². The van der Waals surface area contributed by atoms with Gasteiger partial charge in [-0.05, 0) is 30.9 Å². The molecule has 6 nitrogen and oxygen atoms in total. The number of ether oxygens (including phenoxy) is 2. The van der Waals surface area contributed by atoms with E-state index in [0.29, 0.717) is 30.7 Å². The zero-order valence-corrected chi connectivity index (χ0v) is 15.4. The Morgan fingerprint density at radius 3 is 2.42 bits per heavy atom. The summed E-state index contributed by atoms with van der Waals surface area (Å²) in [6.07, 6.45) is 1.87. The number of nitrogens with one attached hydrogen (secondary N) is 1. The van der Waals surface area contributed by atoms with E-state index < -0.39 is 16.1 Å². The first-order valence-electron chi connectivity index (χ1n) is 8.09. The third kappa shape index (κ3) is 5.15. The van der Waals surface area contributed by atoms with Crippen LogP contribution in [0.3, 0.4) is 0 Å². The Kier molecular flexibility index (Phi) is 6.64. The van der Waals surface area contributed by atoms with E-state index in [1.54, 1.807) is 0 Å². The molecule has 0 radical (unpaired) electrons. The second-order valence-electron chi connectivity index (χ2n) is 5.88. The van der Waals surface area contributed by atoms with E-state index in [9.17, 15) is 8.42 Å². The standard InChI is InChI=1S/C16H24ClNO5S/c1-3-16(4-2)22-14(9-10-18-24(19,20)21)15(23-16)11-12-7-5-6-8-13(12)17/h5-8,14-15,18H,3-4,9-11H2,1-2H3,(H,19,20,21)/t14-,15-/m1/s1. The lowest BCUT2D eigenvalue weighted by atomic mass is 10.0. The summed E-state index contributed by atoms with van der Waals surface area (Å²) in [5.74, 6) is -0.658. The predicted molar refractivity (Wildman–Crippen MR) is 92.4 cm³/mol. The lowest BCUT2D eigenvalue weighted by Gasteiger charge is -2.25. The second-order valence-corrected chi connectivity index (χ2v) is 7.53. The zero-order chi connectivity index (χ0) is 17.8. The van der Waals surface area contributed by atoms with Gasteiger partial charge in [-0.2, -0.15) is 13.1 Å². The fourth-order valence-corrected chi connectivity index (χ4v) is 3.53. The third-order valence-electron chi connectivity index (χ3n) is 4.32. The van der Waals surface area contributed by atoms with Crippen molar-refractivity contribution in [1.29, 1.82) is 0 Å². The number of hydrogen-bond acceptors (Lipinski definition) is 4. The Labute approximate surface area is 148 Å². The van der Waals surface area contributed by atoms with Gasteiger partial charge in [0.15, 0.2) is 5.79 Å². The molecule has 0 aliphatic carbocycles. The minimum absolute atomic E-state index is 0.0788. The van der Waals surface area contributed by atoms with Gasteiger partial charge < -0.3 is 9.47 Å². The summed E-state index contributed by atoms with van der Waals surface area (Å²) in [7, 11) is -4.21. The van der Waals surface area contributed by atoms with E-state index in [2.05, 4.69) is 4.72 Å². The molecule has 2 N–H and O–H groups in total. The van der Waals surface area contributed by atoms with E-state index in [4.69, 9.17) is 25.6 Å². The molecule has 1 heterocycles. The van der Waals surface area contributed by atoms with E-state index in [0.717, 1.165) is 5.56 Å². The highest BCUT2D eigenvalue weighted by Crippen LogP contribution is 2.37. The van der Waals surface area contributed by atoms with Gasteiger partial charge in [0.05, 0.1) is 12.2 Å². The molecule has 24 heavy (non-hydrogen) atoms. The summed E-state index contributed by atoms with van der Waals surface area (Å²) in [4.78, 5) is 0. The second kappa shape index (κ2) is 8.12. The average molecular weight is 378 g/mol. The molecule has 0 amide bonds. The number of hydrogen-bond donors (Lipinski definition) is 2. The van der Waals surface area contributed by atoms with Gasteiger partial charge in [-0.25, -0.2) is 0 Å². The van der Waals surface area contributed by atoms with E-state index in [1.165, 1.54) is 0 Å². The summed E-state index contributed by atoms with van der Waals surface area (Å²) in [6.45, 7) is 4.07. The maximum absolute atomic E-state index is 10.8. The van der Waals surface area contributed by atoms with Gasteiger partial charge in [-0.15, -0.1) is 0 Å². The molecular formula is C16H24ClNO5S. The maximum atomic E-state index is 10.8. The fraction of sp³-hybridized carbons (Fsp3) is 0.625. The molecule has 0 unspecified atom stereocenters. The quantitative estimate of drug-likeness (QED) is 0.680. The van der Waals surface area contributed by atoms with E-state index in [-0.39, 0.29) is 18.8 Å². The van der Waals surface area contributed by atoms with Gasteiger partial charge >= 0.3 is 10.3 Å². The molecule has 0 spiro atoms. The molecule has 2 rings (SSSR count). The van der Waals surface area contributed by atoms with Gasteiger partial charge in [-0.3, -0.25) is 4.55 Å². The van der Waals surface area contributed by atoms with Crippen LogP contribution in [0, 0.1) is 0 Å². The normalized spacial score (nSPS) is 23.5. The molecule has 1 fully saturated rings. The molecule has 136 valence electrons. The summed E-state index contributed by atoms with van der Waals surface area (Å²) < 4.78 is 44.8. The van der Waals surface area contributed by atoms with Crippen LogP contribution < -0.4 is 4.72 Å². The molecule has 8 heteroatoms. The van der Waals surface area contributed by atoms with Crippen LogP contribution in [0.5, 0.6) is 0 Å². The SMILES string of the molecule is CCC1(CC)O[C@H](CCNS(=O)(=O)O)[C@@H](Cc2ccccc2Cl)O1. The Morgan fingerprint density at radius 1 is 1.21 bits per heavy atom. The summed E-state index contributed by atoms with van der Waals surface area (Å²) in [5, 5.41) is 0.668. The van der Waals surface area contributed by atoms with Crippen molar-refractivity contribution in [1.82, 2.24) is 4.72 Å². The van der Waals surface area contributed by atoms with Crippen LogP contribution in [0.2, 0.25) is 5.02 Å². The van der Waals surface area contributed by atoms with Gasteiger partial charge in [0.2, 0.25) is 0 Å². The van der Waals surface area contributed by atoms with E-state index >= 15 is 0 Å². The van der Waals surface area contributed by atoms with Crippen LogP contribution in [0.25, 0.3) is 0 Å². The van der Waals surface area contributed by atoms with Gasteiger partial charge in [-0.1, -0.05) is 43.6 Å². The molecule has 1 saturated heterocycles. The number of rotatable bonds is 8. The molecular weight excluding hydrogens is 354 g/mol. The highest BCUT2D eigenvalue weighted by Gasteiger charge is 2.45. The summed E-state index contributed by atoms with van der Waals surface area (Å²) >= 11 is 6.23. The van der Waals surface area contributed by atoms with Crippen molar-refractivity contribution in [3.05, 3.63) is 34.9 Å². The van der Waals surface area contributed by atoms with Crippen molar-refractivity contribution >= 4 is 21.9 Å². The number of halogens is 1. The minimum Gasteiger partial charge on any atom is -0.344 e. The largest absolute Gasteiger partial charge is 0.344 e. The molecule has 1 aliphatic rings. The van der Waals surface area contributed by atoms with Crippen molar-refractivity contribution < 1.29 is 22.4 Å². The molecule has 0 aromatic heterocycles. The van der Waals surface area contributed by atoms with Crippen molar-refractivity contribution in [2.75, 3.05) is 6.54 Å². The van der Waals surface area contributed by atoms with Crippen molar-refractivity contribution in [2.24, 2.45) is 0 Å². The van der Waals surface area contributed by atoms with Gasteiger partial charge in [0.1, 0.15) is 0 Å². The van der Waals surface area contributed by atoms with Crippen molar-refractivity contribution in [3.63, 3.8) is 0 Å². The molecule has 1 aromatic carbocycles. The van der Waals surface area contributed by atoms with Crippen LogP contribution in [0.15, 0.2) is 24.3 Å². The van der Waals surface area contributed by atoms with Crippen LogP contribution in [-0.4, -0.2) is 37.5 Å². The summed E-state index contributed by atoms with van der Waals surface area (Å²) in [5.41, 5.74) is 0.962. The Bertz CT molecular complexity index is 648. The molecule has 1 aliphatic heterocycles. The van der Waals surface area contributed by atoms with Crippen LogP contribution in [-0.2, 0) is 26.2 Å². The zero-order valence-electron chi connectivity index (χ0n) is 13.9. The Balaban J connectivity index is 2.10. The van der Waals surface area contributed by atoms with Crippen molar-refractivity contribution in [2.45, 2.75) is 57.5 Å². The number of benzene rings is 1. The average Bonchev–Trinajstić information content (AvgIpc) is 2.87. The predicted octanol–water partition coefficient (Wildman–Crippen LogP) is 2.97. The first-order valence-corrected chi connectivity index (χ1v) is 9.91. The summed E-state index contributed by atoms with van der Waals surface area (Å²) in [6, 6.07) is 7.55. The topological polar surface area (TPSA) is 84.9 Å². The van der Waals surface area contributed by atoms with Gasteiger partial charge in [0, 0.05) is 18.0 Å². The van der Waals surface area contributed by atoms with Crippen molar-refractivity contribution in [3.8, 4) is 0 Å². The highest BCUT2D eigenvalue weighted by atomic mass is 35.5. The van der Waals surface area contributed by atoms with Gasteiger partial charge in [0.25, 0.3) is 0 Å². The Hall–Kier alpha value is -0.700. The highest BCUT2D eigenvalue weighted by molar-refractivity contribution is 7.83. The minimum atomic E-state index is -4.21. The smallest absolute Gasteiger partial charge is 0.333 e.